The Kier molecular flexibility index (Phi) is 4.97. The fourth-order valence-electron chi connectivity index (χ4n) is 3.17. The minimum absolute atomic E-state index is 0.0707. The lowest BCUT2D eigenvalue weighted by atomic mass is 10.0. The van der Waals surface area contributed by atoms with Crippen molar-refractivity contribution in [2.45, 2.75) is 38.6 Å². The zero-order valence-electron chi connectivity index (χ0n) is 13.8. The molecule has 0 radical (unpaired) electrons. The topological polar surface area (TPSA) is 88.4 Å². The normalized spacial score (nSPS) is 13.6. The Morgan fingerprint density at radius 3 is 2.60 bits per heavy atom. The van der Waals surface area contributed by atoms with Crippen LogP contribution in [0, 0.1) is 0 Å². The van der Waals surface area contributed by atoms with Crippen LogP contribution in [0.4, 0.5) is 5.69 Å². The van der Waals surface area contributed by atoms with Crippen molar-refractivity contribution in [1.82, 2.24) is 4.57 Å². The summed E-state index contributed by atoms with van der Waals surface area (Å²) in [4.78, 5) is 35.5. The molecular formula is C19H20N2O4. The number of pyridine rings is 1. The second kappa shape index (κ2) is 7.34. The second-order valence-corrected chi connectivity index (χ2v) is 6.25. The molecule has 1 amide bonds. The van der Waals surface area contributed by atoms with E-state index in [2.05, 4.69) is 5.32 Å². The molecule has 1 heterocycles. The quantitative estimate of drug-likeness (QED) is 0.837. The predicted octanol–water partition coefficient (Wildman–Crippen LogP) is 2.45. The highest BCUT2D eigenvalue weighted by Gasteiger charge is 2.15. The Hall–Kier alpha value is -2.89. The molecule has 25 heavy (non-hydrogen) atoms. The molecule has 1 aromatic carbocycles. The lowest BCUT2D eigenvalue weighted by Gasteiger charge is -2.11. The first kappa shape index (κ1) is 17.0. The van der Waals surface area contributed by atoms with Gasteiger partial charge in [0.2, 0.25) is 0 Å². The van der Waals surface area contributed by atoms with E-state index in [1.165, 1.54) is 42.3 Å². The number of aliphatic carboxylic acids is 1. The molecule has 0 saturated carbocycles. The maximum Gasteiger partial charge on any atom is 0.323 e. The molecule has 2 N–H and O–H groups in total. The maximum absolute atomic E-state index is 12.4. The molecule has 0 bridgehead atoms. The SMILES string of the molecule is O=C(O)Cn1cccc(C(=O)Nc2ccc3c(c2)CCCCC3)c1=O. The van der Waals surface area contributed by atoms with Crippen molar-refractivity contribution >= 4 is 17.6 Å². The Morgan fingerprint density at radius 1 is 1.08 bits per heavy atom. The minimum atomic E-state index is -1.13. The van der Waals surface area contributed by atoms with E-state index in [9.17, 15) is 14.4 Å². The molecule has 6 nitrogen and oxygen atoms in total. The molecule has 1 aliphatic carbocycles. The van der Waals surface area contributed by atoms with Gasteiger partial charge in [0.05, 0.1) is 0 Å². The van der Waals surface area contributed by atoms with Crippen molar-refractivity contribution in [1.29, 1.82) is 0 Å². The van der Waals surface area contributed by atoms with Crippen molar-refractivity contribution < 1.29 is 14.7 Å². The predicted molar refractivity (Wildman–Crippen MR) is 94.0 cm³/mol. The summed E-state index contributed by atoms with van der Waals surface area (Å²) in [5, 5.41) is 11.6. The second-order valence-electron chi connectivity index (χ2n) is 6.25. The van der Waals surface area contributed by atoms with Crippen LogP contribution in [0.3, 0.4) is 0 Å². The van der Waals surface area contributed by atoms with Gasteiger partial charge in [-0.3, -0.25) is 14.4 Å². The van der Waals surface area contributed by atoms with Gasteiger partial charge >= 0.3 is 5.97 Å². The number of amides is 1. The summed E-state index contributed by atoms with van der Waals surface area (Å²) >= 11 is 0. The van der Waals surface area contributed by atoms with Gasteiger partial charge in [-0.25, -0.2) is 0 Å². The summed E-state index contributed by atoms with van der Waals surface area (Å²) in [6.07, 6.45) is 6.95. The monoisotopic (exact) mass is 340 g/mol. The summed E-state index contributed by atoms with van der Waals surface area (Å²) in [5.74, 6) is -1.66. The van der Waals surface area contributed by atoms with Crippen molar-refractivity contribution in [3.63, 3.8) is 0 Å². The van der Waals surface area contributed by atoms with Crippen molar-refractivity contribution in [3.05, 3.63) is 63.6 Å². The zero-order chi connectivity index (χ0) is 17.8. The summed E-state index contributed by atoms with van der Waals surface area (Å²) in [7, 11) is 0. The first-order valence-electron chi connectivity index (χ1n) is 8.39. The first-order valence-corrected chi connectivity index (χ1v) is 8.39. The van der Waals surface area contributed by atoms with Crippen molar-refractivity contribution in [2.75, 3.05) is 5.32 Å². The van der Waals surface area contributed by atoms with Gasteiger partial charge in [-0.2, -0.15) is 0 Å². The lowest BCUT2D eigenvalue weighted by Crippen LogP contribution is -2.30. The van der Waals surface area contributed by atoms with Crippen LogP contribution < -0.4 is 10.9 Å². The van der Waals surface area contributed by atoms with E-state index in [0.29, 0.717) is 5.69 Å². The number of anilines is 1. The minimum Gasteiger partial charge on any atom is -0.480 e. The molecule has 2 aromatic rings. The van der Waals surface area contributed by atoms with Crippen LogP contribution in [0.2, 0.25) is 0 Å². The van der Waals surface area contributed by atoms with Crippen LogP contribution in [0.1, 0.15) is 40.7 Å². The van der Waals surface area contributed by atoms with Gasteiger partial charge in [-0.05, 0) is 61.1 Å². The van der Waals surface area contributed by atoms with E-state index < -0.39 is 24.0 Å². The molecule has 0 fully saturated rings. The molecule has 1 aromatic heterocycles. The van der Waals surface area contributed by atoms with Crippen LogP contribution in [0.25, 0.3) is 0 Å². The van der Waals surface area contributed by atoms with Gasteiger partial charge in [0.1, 0.15) is 12.1 Å². The fourth-order valence-corrected chi connectivity index (χ4v) is 3.17. The number of carboxylic acid groups (broad SMARTS) is 1. The number of hydrogen-bond acceptors (Lipinski definition) is 3. The van der Waals surface area contributed by atoms with Crippen molar-refractivity contribution in [3.8, 4) is 0 Å². The first-order chi connectivity index (χ1) is 12.0. The van der Waals surface area contributed by atoms with Crippen LogP contribution in [-0.2, 0) is 24.2 Å². The third-order valence-electron chi connectivity index (χ3n) is 4.43. The van der Waals surface area contributed by atoms with Crippen LogP contribution in [0.15, 0.2) is 41.3 Å². The molecule has 0 aliphatic heterocycles. The number of carboxylic acids is 1. The van der Waals surface area contributed by atoms with Gasteiger partial charge in [-0.1, -0.05) is 12.5 Å². The Morgan fingerprint density at radius 2 is 1.84 bits per heavy atom. The van der Waals surface area contributed by atoms with E-state index in [0.717, 1.165) is 23.8 Å². The van der Waals surface area contributed by atoms with Gasteiger partial charge in [0.15, 0.2) is 0 Å². The van der Waals surface area contributed by atoms with E-state index in [-0.39, 0.29) is 5.56 Å². The average Bonchev–Trinajstić information content (AvgIpc) is 2.81. The third-order valence-corrected chi connectivity index (χ3v) is 4.43. The van der Waals surface area contributed by atoms with Crippen LogP contribution in [-0.4, -0.2) is 21.6 Å². The number of nitrogens with zero attached hydrogens (tertiary/aromatic N) is 1. The van der Waals surface area contributed by atoms with E-state index in [1.54, 1.807) is 0 Å². The molecule has 0 unspecified atom stereocenters. The number of fused-ring (bicyclic) bond motifs is 1. The van der Waals surface area contributed by atoms with Crippen LogP contribution in [0.5, 0.6) is 0 Å². The largest absolute Gasteiger partial charge is 0.480 e. The lowest BCUT2D eigenvalue weighted by molar-refractivity contribution is -0.137. The molecule has 0 spiro atoms. The number of carbonyl (C=O) groups excluding carboxylic acids is 1. The molecule has 0 atom stereocenters. The third kappa shape index (κ3) is 3.96. The number of hydrogen-bond donors (Lipinski definition) is 2. The standard InChI is InChI=1S/C19H20N2O4/c22-17(23)12-21-10-4-7-16(19(21)25)18(24)20-15-9-8-13-5-2-1-3-6-14(13)11-15/h4,7-11H,1-3,5-6,12H2,(H,20,24)(H,22,23). The summed E-state index contributed by atoms with van der Waals surface area (Å²) < 4.78 is 1.01. The molecule has 1 aliphatic rings. The molecule has 6 heteroatoms. The fraction of sp³-hybridized carbons (Fsp3) is 0.316. The number of aromatic nitrogens is 1. The highest BCUT2D eigenvalue weighted by Crippen LogP contribution is 2.23. The molecule has 130 valence electrons. The van der Waals surface area contributed by atoms with E-state index in [4.69, 9.17) is 5.11 Å². The van der Waals surface area contributed by atoms with Gasteiger partial charge < -0.3 is 15.0 Å². The van der Waals surface area contributed by atoms with Gasteiger partial charge in [0.25, 0.3) is 11.5 Å². The van der Waals surface area contributed by atoms with E-state index in [1.807, 2.05) is 18.2 Å². The summed E-state index contributed by atoms with van der Waals surface area (Å²) in [5.41, 5.74) is 2.53. The highest BCUT2D eigenvalue weighted by atomic mass is 16.4. The Labute approximate surface area is 145 Å². The van der Waals surface area contributed by atoms with Gasteiger partial charge in [-0.15, -0.1) is 0 Å². The van der Waals surface area contributed by atoms with Crippen LogP contribution >= 0.6 is 0 Å². The number of carbonyl (C=O) groups is 2. The Bertz CT molecular complexity index is 870. The number of nitrogens with one attached hydrogen (secondary N) is 1. The average molecular weight is 340 g/mol. The maximum atomic E-state index is 12.4. The smallest absolute Gasteiger partial charge is 0.323 e. The Balaban J connectivity index is 1.82. The molecule has 0 saturated heterocycles. The number of aryl methyl sites for hydroxylation is 2. The number of rotatable bonds is 4. The van der Waals surface area contributed by atoms with Crippen molar-refractivity contribution in [2.24, 2.45) is 0 Å². The molecule has 3 rings (SSSR count). The summed E-state index contributed by atoms with van der Waals surface area (Å²) in [6.45, 7) is -0.473. The van der Waals surface area contributed by atoms with Gasteiger partial charge in [0, 0.05) is 11.9 Å². The number of benzene rings is 1. The van der Waals surface area contributed by atoms with E-state index >= 15 is 0 Å². The molecular weight excluding hydrogens is 320 g/mol. The summed E-state index contributed by atoms with van der Waals surface area (Å²) in [6, 6.07) is 8.75. The highest BCUT2D eigenvalue weighted by molar-refractivity contribution is 6.04. The zero-order valence-corrected chi connectivity index (χ0v) is 13.8.